The van der Waals surface area contributed by atoms with Crippen LogP contribution in [0, 0.1) is 0 Å². The predicted octanol–water partition coefficient (Wildman–Crippen LogP) is 11.6. The van der Waals surface area contributed by atoms with E-state index in [9.17, 15) is 0 Å². The van der Waals surface area contributed by atoms with E-state index in [4.69, 9.17) is 9.40 Å². The van der Waals surface area contributed by atoms with E-state index in [-0.39, 0.29) is 0 Å². The molecule has 0 aliphatic heterocycles. The highest BCUT2D eigenvalue weighted by Gasteiger charge is 2.34. The van der Waals surface area contributed by atoms with Gasteiger partial charge in [-0.05, 0) is 68.7 Å². The van der Waals surface area contributed by atoms with Gasteiger partial charge in [-0.15, -0.1) is 0 Å². The number of aromatic nitrogens is 1. The van der Waals surface area contributed by atoms with Crippen LogP contribution in [0.15, 0.2) is 156 Å². The van der Waals surface area contributed by atoms with Crippen molar-refractivity contribution in [3.8, 4) is 33.6 Å². The molecule has 2 aromatic heterocycles. The SMILES string of the molecule is C1=CC2c3cccc4c3c(cc3c4oc4cccc(-c5cc(-c6ccccc6)cc(-c6ccc7ccccc7c6)n5)c43)C2C=C1. The first-order valence-corrected chi connectivity index (χ1v) is 15.6. The second kappa shape index (κ2) is 9.38. The van der Waals surface area contributed by atoms with Crippen molar-refractivity contribution in [3.63, 3.8) is 0 Å². The Kier molecular flexibility index (Phi) is 5.15. The Morgan fingerprint density at radius 2 is 1.27 bits per heavy atom. The Morgan fingerprint density at radius 1 is 0.489 bits per heavy atom. The molecule has 8 aromatic rings. The fourth-order valence-electron chi connectivity index (χ4n) is 7.74. The topological polar surface area (TPSA) is 26.0 Å². The van der Waals surface area contributed by atoms with Gasteiger partial charge in [0.05, 0.1) is 11.4 Å². The average molecular weight is 574 g/mol. The van der Waals surface area contributed by atoms with Crippen LogP contribution in [0.5, 0.6) is 0 Å². The molecule has 0 amide bonds. The lowest BCUT2D eigenvalue weighted by molar-refractivity contribution is 0.672. The molecule has 0 fully saturated rings. The molecular weight excluding hydrogens is 546 g/mol. The first-order chi connectivity index (χ1) is 22.3. The van der Waals surface area contributed by atoms with Gasteiger partial charge in [0.2, 0.25) is 0 Å². The van der Waals surface area contributed by atoms with Gasteiger partial charge in [-0.2, -0.15) is 0 Å². The van der Waals surface area contributed by atoms with Crippen molar-refractivity contribution in [2.24, 2.45) is 0 Å². The lowest BCUT2D eigenvalue weighted by atomic mass is 9.86. The highest BCUT2D eigenvalue weighted by Crippen LogP contribution is 2.52. The summed E-state index contributed by atoms with van der Waals surface area (Å²) in [5.74, 6) is 0.718. The summed E-state index contributed by atoms with van der Waals surface area (Å²) in [6.07, 6.45) is 9.07. The van der Waals surface area contributed by atoms with Crippen LogP contribution < -0.4 is 0 Å². The zero-order valence-electron chi connectivity index (χ0n) is 24.4. The maximum atomic E-state index is 6.73. The largest absolute Gasteiger partial charge is 0.455 e. The molecule has 0 saturated heterocycles. The van der Waals surface area contributed by atoms with Gasteiger partial charge in [-0.25, -0.2) is 4.98 Å². The minimum absolute atomic E-state index is 0.343. The number of benzene rings is 6. The molecule has 0 N–H and O–H groups in total. The van der Waals surface area contributed by atoms with Crippen molar-refractivity contribution in [2.75, 3.05) is 0 Å². The second-order valence-electron chi connectivity index (χ2n) is 12.3. The van der Waals surface area contributed by atoms with Crippen molar-refractivity contribution in [3.05, 3.63) is 163 Å². The minimum atomic E-state index is 0.343. The molecule has 0 bridgehead atoms. The van der Waals surface area contributed by atoms with E-state index in [1.807, 2.05) is 0 Å². The van der Waals surface area contributed by atoms with Crippen LogP contribution in [-0.2, 0) is 0 Å². The van der Waals surface area contributed by atoms with Gasteiger partial charge in [-0.1, -0.05) is 121 Å². The number of hydrogen-bond donors (Lipinski definition) is 0. The molecule has 2 nitrogen and oxygen atoms in total. The van der Waals surface area contributed by atoms with Gasteiger partial charge in [0.25, 0.3) is 0 Å². The van der Waals surface area contributed by atoms with E-state index in [1.165, 1.54) is 38.2 Å². The summed E-state index contributed by atoms with van der Waals surface area (Å²) in [6, 6.07) is 45.7. The number of furan rings is 1. The van der Waals surface area contributed by atoms with Crippen molar-refractivity contribution in [2.45, 2.75) is 11.8 Å². The highest BCUT2D eigenvalue weighted by atomic mass is 16.3. The number of fused-ring (bicyclic) bond motifs is 8. The molecule has 2 unspecified atom stereocenters. The zero-order valence-corrected chi connectivity index (χ0v) is 24.4. The smallest absolute Gasteiger partial charge is 0.143 e. The molecule has 2 aliphatic rings. The maximum Gasteiger partial charge on any atom is 0.143 e. The normalized spacial score (nSPS) is 16.7. The molecule has 210 valence electrons. The van der Waals surface area contributed by atoms with Crippen LogP contribution in [0.1, 0.15) is 23.0 Å². The second-order valence-corrected chi connectivity index (χ2v) is 12.3. The quantitative estimate of drug-likeness (QED) is 0.210. The molecular formula is C43H27NO. The fourth-order valence-corrected chi connectivity index (χ4v) is 7.74. The number of allylic oxidation sites excluding steroid dienone is 4. The first-order valence-electron chi connectivity index (χ1n) is 15.6. The third kappa shape index (κ3) is 3.66. The standard InChI is InChI=1S/C43H27NO/c1-2-10-26(11-3-1)30-23-38(29-21-20-27-12-4-5-13-28(27)22-29)44-39(24-30)34-17-9-19-40-42(34)37-25-36-32-15-7-6-14-31(32)33-16-8-18-35(41(33)36)43(37)45-40/h1-25,31-32H. The summed E-state index contributed by atoms with van der Waals surface area (Å²) in [4.78, 5) is 5.36. The molecule has 0 spiro atoms. The number of pyridine rings is 1. The number of rotatable bonds is 3. The number of hydrogen-bond acceptors (Lipinski definition) is 2. The summed E-state index contributed by atoms with van der Waals surface area (Å²) in [6.45, 7) is 0. The maximum absolute atomic E-state index is 6.73. The summed E-state index contributed by atoms with van der Waals surface area (Å²) >= 11 is 0. The van der Waals surface area contributed by atoms with Gasteiger partial charge in [-0.3, -0.25) is 0 Å². The van der Waals surface area contributed by atoms with Crippen LogP contribution >= 0.6 is 0 Å². The minimum Gasteiger partial charge on any atom is -0.455 e. The van der Waals surface area contributed by atoms with Gasteiger partial charge in [0.15, 0.2) is 0 Å². The van der Waals surface area contributed by atoms with E-state index in [1.54, 1.807) is 0 Å². The lowest BCUT2D eigenvalue weighted by Gasteiger charge is -2.17. The van der Waals surface area contributed by atoms with Crippen LogP contribution in [0.25, 0.3) is 77.1 Å². The third-order valence-corrected chi connectivity index (χ3v) is 9.79. The molecule has 2 heterocycles. The molecule has 6 aromatic carbocycles. The van der Waals surface area contributed by atoms with Gasteiger partial charge < -0.3 is 4.42 Å². The Balaban J connectivity index is 1.25. The summed E-state index contributed by atoms with van der Waals surface area (Å²) in [7, 11) is 0. The Morgan fingerprint density at radius 3 is 2.16 bits per heavy atom. The molecule has 2 aliphatic carbocycles. The van der Waals surface area contributed by atoms with E-state index < -0.39 is 0 Å². The first kappa shape index (κ1) is 24.7. The van der Waals surface area contributed by atoms with E-state index in [0.29, 0.717) is 11.8 Å². The predicted molar refractivity (Wildman–Crippen MR) is 187 cm³/mol. The Bertz CT molecular complexity index is 2550. The molecule has 10 rings (SSSR count). The summed E-state index contributed by atoms with van der Waals surface area (Å²) in [5, 5.41) is 7.26. The monoisotopic (exact) mass is 573 g/mol. The lowest BCUT2D eigenvalue weighted by Crippen LogP contribution is -2.02. The van der Waals surface area contributed by atoms with Crippen molar-refractivity contribution < 1.29 is 4.42 Å². The van der Waals surface area contributed by atoms with Gasteiger partial charge in [0.1, 0.15) is 11.2 Å². The van der Waals surface area contributed by atoms with Crippen molar-refractivity contribution in [1.82, 2.24) is 4.98 Å². The Hall–Kier alpha value is -5.73. The van der Waals surface area contributed by atoms with Crippen molar-refractivity contribution >= 4 is 43.5 Å². The molecule has 2 heteroatoms. The van der Waals surface area contributed by atoms with Crippen LogP contribution in [0.3, 0.4) is 0 Å². The van der Waals surface area contributed by atoms with E-state index in [0.717, 1.165) is 50.0 Å². The Labute approximate surface area is 260 Å². The summed E-state index contributed by atoms with van der Waals surface area (Å²) in [5.41, 5.74) is 11.0. The highest BCUT2D eigenvalue weighted by molar-refractivity contribution is 6.20. The van der Waals surface area contributed by atoms with Gasteiger partial charge >= 0.3 is 0 Å². The van der Waals surface area contributed by atoms with Crippen LogP contribution in [0.2, 0.25) is 0 Å². The molecule has 2 atom stereocenters. The van der Waals surface area contributed by atoms with E-state index in [2.05, 4.69) is 152 Å². The third-order valence-electron chi connectivity index (χ3n) is 9.79. The average Bonchev–Trinajstić information content (AvgIpc) is 3.65. The summed E-state index contributed by atoms with van der Waals surface area (Å²) < 4.78 is 6.73. The number of nitrogens with zero attached hydrogens (tertiary/aromatic N) is 1. The van der Waals surface area contributed by atoms with E-state index >= 15 is 0 Å². The molecule has 0 radical (unpaired) electrons. The van der Waals surface area contributed by atoms with Crippen LogP contribution in [0.4, 0.5) is 0 Å². The van der Waals surface area contributed by atoms with Crippen LogP contribution in [-0.4, -0.2) is 4.98 Å². The molecule has 45 heavy (non-hydrogen) atoms. The van der Waals surface area contributed by atoms with Gasteiger partial charge in [0, 0.05) is 39.1 Å². The molecule has 0 saturated carbocycles. The fraction of sp³-hybridized carbons (Fsp3) is 0.0465. The zero-order chi connectivity index (χ0) is 29.5. The van der Waals surface area contributed by atoms with Crippen molar-refractivity contribution in [1.29, 1.82) is 0 Å².